The third-order valence-corrected chi connectivity index (χ3v) is 10.3. The van der Waals surface area contributed by atoms with Gasteiger partial charge in [0.15, 0.2) is 5.06 Å². The molecule has 0 aliphatic rings. The van der Waals surface area contributed by atoms with Gasteiger partial charge >= 0.3 is 8.80 Å². The van der Waals surface area contributed by atoms with E-state index in [9.17, 15) is 0 Å². The van der Waals surface area contributed by atoms with Gasteiger partial charge in [0, 0.05) is 41.6 Å². The zero-order valence-corrected chi connectivity index (χ0v) is 24.5. The maximum absolute atomic E-state index is 6.85. The van der Waals surface area contributed by atoms with Crippen molar-refractivity contribution in [3.63, 3.8) is 0 Å². The van der Waals surface area contributed by atoms with Crippen molar-refractivity contribution in [1.82, 2.24) is 0 Å². The van der Waals surface area contributed by atoms with E-state index in [0.717, 1.165) is 19.3 Å². The van der Waals surface area contributed by atoms with Crippen LogP contribution in [-0.4, -0.2) is 55.5 Å². The molecule has 0 amide bonds. The van der Waals surface area contributed by atoms with Crippen molar-refractivity contribution >= 4 is 20.4 Å². The normalized spacial score (nSPS) is 15.0. The minimum atomic E-state index is -2.59. The Morgan fingerprint density at radius 3 is 1.42 bits per heavy atom. The van der Waals surface area contributed by atoms with E-state index in [0.29, 0.717) is 12.5 Å². The standard InChI is InChI=1S/C26H55ClO5Si/c1-7-8-9-10-11-12-13-14-15-16-17-18-19-20-22-25(28-2)26(27,29-3)23-21-24-33(30-4,31-5)32-6/h25H,7-24H2,1-6H3. The number of unbranched alkanes of at least 4 members (excludes halogenated alkanes) is 13. The minimum absolute atomic E-state index is 0.134. The van der Waals surface area contributed by atoms with Gasteiger partial charge in [0.25, 0.3) is 0 Å². The molecule has 0 aromatic carbocycles. The van der Waals surface area contributed by atoms with Gasteiger partial charge in [-0.3, -0.25) is 0 Å². The molecule has 0 aromatic heterocycles. The molecule has 0 aliphatic heterocycles. The van der Waals surface area contributed by atoms with Gasteiger partial charge in [-0.2, -0.15) is 0 Å². The summed E-state index contributed by atoms with van der Waals surface area (Å²) in [7, 11) is 5.71. The molecule has 0 radical (unpaired) electrons. The number of alkyl halides is 1. The minimum Gasteiger partial charge on any atom is -0.377 e. The smallest absolute Gasteiger partial charge is 0.377 e. The molecular weight excluding hydrogens is 456 g/mol. The quantitative estimate of drug-likeness (QED) is 0.0704. The topological polar surface area (TPSA) is 46.2 Å². The van der Waals surface area contributed by atoms with Crippen molar-refractivity contribution < 1.29 is 22.8 Å². The van der Waals surface area contributed by atoms with E-state index in [1.807, 2.05) is 0 Å². The predicted octanol–water partition coefficient (Wildman–Crippen LogP) is 8.11. The molecule has 7 heteroatoms. The van der Waals surface area contributed by atoms with Gasteiger partial charge < -0.3 is 22.8 Å². The summed E-state index contributed by atoms with van der Waals surface area (Å²) >= 11 is 6.85. The van der Waals surface area contributed by atoms with E-state index >= 15 is 0 Å². The fourth-order valence-corrected chi connectivity index (χ4v) is 6.58. The zero-order chi connectivity index (χ0) is 24.8. The van der Waals surface area contributed by atoms with Crippen molar-refractivity contribution in [2.45, 2.75) is 133 Å². The molecule has 5 nitrogen and oxygen atoms in total. The molecular formula is C26H55ClO5Si. The van der Waals surface area contributed by atoms with Crippen molar-refractivity contribution in [2.24, 2.45) is 0 Å². The van der Waals surface area contributed by atoms with Crippen molar-refractivity contribution in [2.75, 3.05) is 35.5 Å². The number of rotatable bonds is 25. The Labute approximate surface area is 211 Å². The van der Waals surface area contributed by atoms with Gasteiger partial charge in [0.2, 0.25) is 0 Å². The van der Waals surface area contributed by atoms with Crippen molar-refractivity contribution in [3.05, 3.63) is 0 Å². The Bertz CT molecular complexity index is 417. The van der Waals surface area contributed by atoms with E-state index in [4.69, 9.17) is 34.4 Å². The van der Waals surface area contributed by atoms with Crippen LogP contribution in [0.25, 0.3) is 0 Å². The summed E-state index contributed by atoms with van der Waals surface area (Å²) in [5.74, 6) is 0. The fourth-order valence-electron chi connectivity index (χ4n) is 4.53. The van der Waals surface area contributed by atoms with E-state index in [-0.39, 0.29) is 6.10 Å². The molecule has 0 aliphatic carbocycles. The maximum atomic E-state index is 6.85. The average molecular weight is 511 g/mol. The van der Waals surface area contributed by atoms with E-state index in [1.54, 1.807) is 35.5 Å². The van der Waals surface area contributed by atoms with Crippen LogP contribution in [0.15, 0.2) is 0 Å². The Morgan fingerprint density at radius 1 is 0.636 bits per heavy atom. The van der Waals surface area contributed by atoms with Crippen LogP contribution in [0, 0.1) is 0 Å². The molecule has 200 valence electrons. The summed E-state index contributed by atoms with van der Waals surface area (Å²) in [5.41, 5.74) is 0. The lowest BCUT2D eigenvalue weighted by atomic mass is 10.00. The highest BCUT2D eigenvalue weighted by Gasteiger charge is 2.41. The number of halogens is 1. The Morgan fingerprint density at radius 2 is 1.06 bits per heavy atom. The molecule has 0 heterocycles. The second-order valence-electron chi connectivity index (χ2n) is 9.25. The second-order valence-corrected chi connectivity index (χ2v) is 13.0. The third kappa shape index (κ3) is 15.1. The molecule has 0 bridgehead atoms. The highest BCUT2D eigenvalue weighted by atomic mass is 35.5. The van der Waals surface area contributed by atoms with Gasteiger partial charge in [-0.05, 0) is 19.3 Å². The first-order valence-electron chi connectivity index (χ1n) is 13.4. The lowest BCUT2D eigenvalue weighted by molar-refractivity contribution is -0.0729. The fraction of sp³-hybridized carbons (Fsp3) is 1.00. The molecule has 0 saturated heterocycles. The zero-order valence-electron chi connectivity index (χ0n) is 22.7. The molecule has 33 heavy (non-hydrogen) atoms. The van der Waals surface area contributed by atoms with Crippen LogP contribution in [0.1, 0.15) is 116 Å². The lowest BCUT2D eigenvalue weighted by Crippen LogP contribution is -2.44. The first-order valence-corrected chi connectivity index (χ1v) is 15.7. The third-order valence-electron chi connectivity index (χ3n) is 6.86. The van der Waals surface area contributed by atoms with Crippen LogP contribution in [0.5, 0.6) is 0 Å². The SMILES string of the molecule is CCCCCCCCCCCCCCCCC(OC)C(Cl)(CCC[Si](OC)(OC)OC)OC. The van der Waals surface area contributed by atoms with Gasteiger partial charge in [0.05, 0.1) is 0 Å². The average Bonchev–Trinajstić information content (AvgIpc) is 2.84. The molecule has 0 fully saturated rings. The Balaban J connectivity index is 3.97. The molecule has 0 rings (SSSR count). The summed E-state index contributed by atoms with van der Waals surface area (Å²) in [5, 5.41) is -0.833. The number of hydrogen-bond acceptors (Lipinski definition) is 5. The molecule has 0 saturated carbocycles. The summed E-state index contributed by atoms with van der Waals surface area (Å²) in [6.45, 7) is 2.28. The second kappa shape index (κ2) is 21.6. The van der Waals surface area contributed by atoms with Crippen molar-refractivity contribution in [3.8, 4) is 0 Å². The number of ether oxygens (including phenoxy) is 2. The van der Waals surface area contributed by atoms with E-state index < -0.39 is 13.9 Å². The summed E-state index contributed by atoms with van der Waals surface area (Å²) < 4.78 is 28.0. The van der Waals surface area contributed by atoms with Crippen molar-refractivity contribution in [1.29, 1.82) is 0 Å². The van der Waals surface area contributed by atoms with Gasteiger partial charge in [0.1, 0.15) is 6.10 Å². The molecule has 2 unspecified atom stereocenters. The first kappa shape index (κ1) is 33.3. The highest BCUT2D eigenvalue weighted by Crippen LogP contribution is 2.34. The van der Waals surface area contributed by atoms with Crippen LogP contribution in [0.2, 0.25) is 6.04 Å². The van der Waals surface area contributed by atoms with Gasteiger partial charge in [-0.15, -0.1) is 0 Å². The highest BCUT2D eigenvalue weighted by molar-refractivity contribution is 6.60. The van der Waals surface area contributed by atoms with Crippen LogP contribution in [0.4, 0.5) is 0 Å². The van der Waals surface area contributed by atoms with E-state index in [1.165, 1.54) is 83.5 Å². The van der Waals surface area contributed by atoms with E-state index in [2.05, 4.69) is 6.92 Å². The monoisotopic (exact) mass is 510 g/mol. The van der Waals surface area contributed by atoms with Crippen LogP contribution >= 0.6 is 11.6 Å². The number of hydrogen-bond donors (Lipinski definition) is 0. The molecule has 0 spiro atoms. The molecule has 0 aromatic rings. The summed E-state index contributed by atoms with van der Waals surface area (Å²) in [4.78, 5) is 0. The number of methoxy groups -OCH3 is 2. The summed E-state index contributed by atoms with van der Waals surface area (Å²) in [6.07, 6.45) is 21.2. The summed E-state index contributed by atoms with van der Waals surface area (Å²) in [6, 6.07) is 0.698. The lowest BCUT2D eigenvalue weighted by Gasteiger charge is -2.34. The van der Waals surface area contributed by atoms with Gasteiger partial charge in [-0.1, -0.05) is 108 Å². The van der Waals surface area contributed by atoms with Gasteiger partial charge in [-0.25, -0.2) is 0 Å². The maximum Gasteiger partial charge on any atom is 0.500 e. The van der Waals surface area contributed by atoms with Crippen LogP contribution < -0.4 is 0 Å². The predicted molar refractivity (Wildman–Crippen MR) is 142 cm³/mol. The van der Waals surface area contributed by atoms with Crippen LogP contribution in [-0.2, 0) is 22.8 Å². The Kier molecular flexibility index (Phi) is 21.8. The Hall–Kier alpha value is 0.307. The molecule has 2 atom stereocenters. The molecule has 0 N–H and O–H groups in total. The first-order chi connectivity index (χ1) is 16.0. The largest absolute Gasteiger partial charge is 0.500 e. The van der Waals surface area contributed by atoms with Crippen LogP contribution in [0.3, 0.4) is 0 Å².